The van der Waals surface area contributed by atoms with Crippen LogP contribution < -0.4 is 15.2 Å². The molecule has 28 heavy (non-hydrogen) atoms. The SMILES string of the molecule is COc1ccc(CN)cc1OCC(=O)N1CCN(Cc2ccc(F)cc2)CC1. The van der Waals surface area contributed by atoms with Crippen LogP contribution in [0, 0.1) is 5.82 Å². The lowest BCUT2D eigenvalue weighted by Crippen LogP contribution is -2.49. The summed E-state index contributed by atoms with van der Waals surface area (Å²) in [5.41, 5.74) is 7.64. The molecule has 2 aromatic carbocycles. The smallest absolute Gasteiger partial charge is 0.260 e. The highest BCUT2D eigenvalue weighted by Gasteiger charge is 2.22. The molecule has 0 atom stereocenters. The summed E-state index contributed by atoms with van der Waals surface area (Å²) < 4.78 is 24.0. The molecule has 1 aliphatic heterocycles. The predicted molar refractivity (Wildman–Crippen MR) is 105 cm³/mol. The molecule has 0 saturated carbocycles. The maximum atomic E-state index is 13.0. The van der Waals surface area contributed by atoms with Crippen LogP contribution in [0.1, 0.15) is 11.1 Å². The first-order chi connectivity index (χ1) is 13.6. The summed E-state index contributed by atoms with van der Waals surface area (Å²) >= 11 is 0. The molecule has 2 N–H and O–H groups in total. The first-order valence-corrected chi connectivity index (χ1v) is 9.33. The fourth-order valence-electron chi connectivity index (χ4n) is 3.20. The summed E-state index contributed by atoms with van der Waals surface area (Å²) in [5.74, 6) is 0.817. The number of benzene rings is 2. The van der Waals surface area contributed by atoms with Gasteiger partial charge in [-0.15, -0.1) is 0 Å². The number of nitrogens with two attached hydrogens (primary N) is 1. The second kappa shape index (κ2) is 9.52. The Labute approximate surface area is 164 Å². The van der Waals surface area contributed by atoms with Gasteiger partial charge in [0.05, 0.1) is 7.11 Å². The van der Waals surface area contributed by atoms with E-state index in [0.29, 0.717) is 31.1 Å². The summed E-state index contributed by atoms with van der Waals surface area (Å²) in [6, 6.07) is 12.0. The molecule has 7 heteroatoms. The van der Waals surface area contributed by atoms with E-state index in [0.717, 1.165) is 30.8 Å². The number of halogens is 1. The zero-order chi connectivity index (χ0) is 19.9. The van der Waals surface area contributed by atoms with Crippen LogP contribution >= 0.6 is 0 Å². The van der Waals surface area contributed by atoms with Crippen molar-refractivity contribution in [1.29, 1.82) is 0 Å². The fourth-order valence-corrected chi connectivity index (χ4v) is 3.20. The highest BCUT2D eigenvalue weighted by molar-refractivity contribution is 5.78. The number of rotatable bonds is 7. The first kappa shape index (κ1) is 20.1. The van der Waals surface area contributed by atoms with E-state index in [1.54, 1.807) is 36.3 Å². The third-order valence-electron chi connectivity index (χ3n) is 4.86. The standard InChI is InChI=1S/C21H26FN3O3/c1-27-19-7-4-17(13-23)12-20(19)28-15-21(26)25-10-8-24(9-11-25)14-16-2-5-18(22)6-3-16/h2-7,12H,8-11,13-15,23H2,1H3. The van der Waals surface area contributed by atoms with Crippen molar-refractivity contribution in [3.8, 4) is 11.5 Å². The van der Waals surface area contributed by atoms with Crippen molar-refractivity contribution in [3.05, 3.63) is 59.4 Å². The van der Waals surface area contributed by atoms with Crippen molar-refractivity contribution in [2.45, 2.75) is 13.1 Å². The second-order valence-electron chi connectivity index (χ2n) is 6.76. The summed E-state index contributed by atoms with van der Waals surface area (Å²) in [5, 5.41) is 0. The molecular formula is C21H26FN3O3. The van der Waals surface area contributed by atoms with Crippen molar-refractivity contribution in [1.82, 2.24) is 9.80 Å². The number of carbonyl (C=O) groups excluding carboxylic acids is 1. The first-order valence-electron chi connectivity index (χ1n) is 9.33. The van der Waals surface area contributed by atoms with E-state index < -0.39 is 0 Å². The molecule has 1 amide bonds. The molecule has 150 valence electrons. The minimum atomic E-state index is -0.229. The summed E-state index contributed by atoms with van der Waals surface area (Å²) in [4.78, 5) is 16.6. The van der Waals surface area contributed by atoms with Crippen LogP contribution in [0.5, 0.6) is 11.5 Å². The number of nitrogens with zero attached hydrogens (tertiary/aromatic N) is 2. The molecule has 0 unspecified atom stereocenters. The topological polar surface area (TPSA) is 68.0 Å². The molecule has 3 rings (SSSR count). The van der Waals surface area contributed by atoms with Crippen molar-refractivity contribution in [2.24, 2.45) is 5.73 Å². The van der Waals surface area contributed by atoms with Crippen LogP contribution in [0.3, 0.4) is 0 Å². The Morgan fingerprint density at radius 3 is 2.36 bits per heavy atom. The molecule has 6 nitrogen and oxygen atoms in total. The van der Waals surface area contributed by atoms with E-state index in [9.17, 15) is 9.18 Å². The molecular weight excluding hydrogens is 361 g/mol. The van der Waals surface area contributed by atoms with Crippen molar-refractivity contribution in [3.63, 3.8) is 0 Å². The van der Waals surface area contributed by atoms with Crippen molar-refractivity contribution >= 4 is 5.91 Å². The van der Waals surface area contributed by atoms with Gasteiger partial charge in [0.25, 0.3) is 5.91 Å². The fraction of sp³-hybridized carbons (Fsp3) is 0.381. The number of piperazine rings is 1. The quantitative estimate of drug-likeness (QED) is 0.787. The third kappa shape index (κ3) is 5.21. The van der Waals surface area contributed by atoms with Gasteiger partial charge in [0.1, 0.15) is 5.82 Å². The summed E-state index contributed by atoms with van der Waals surface area (Å²) in [6.07, 6.45) is 0. The highest BCUT2D eigenvalue weighted by atomic mass is 19.1. The van der Waals surface area contributed by atoms with Gasteiger partial charge in [-0.25, -0.2) is 4.39 Å². The number of hydrogen-bond donors (Lipinski definition) is 1. The number of ether oxygens (including phenoxy) is 2. The lowest BCUT2D eigenvalue weighted by Gasteiger charge is -2.34. The zero-order valence-corrected chi connectivity index (χ0v) is 16.1. The maximum absolute atomic E-state index is 13.0. The van der Waals surface area contributed by atoms with E-state index in [1.807, 2.05) is 6.07 Å². The third-order valence-corrected chi connectivity index (χ3v) is 4.86. The second-order valence-corrected chi connectivity index (χ2v) is 6.76. The van der Waals surface area contributed by atoms with E-state index in [1.165, 1.54) is 12.1 Å². The molecule has 0 bridgehead atoms. The molecule has 0 spiro atoms. The highest BCUT2D eigenvalue weighted by Crippen LogP contribution is 2.28. The van der Waals surface area contributed by atoms with E-state index >= 15 is 0 Å². The van der Waals surface area contributed by atoms with Gasteiger partial charge in [0.15, 0.2) is 18.1 Å². The molecule has 0 aliphatic carbocycles. The lowest BCUT2D eigenvalue weighted by molar-refractivity contribution is -0.135. The van der Waals surface area contributed by atoms with E-state index in [2.05, 4.69) is 4.90 Å². The van der Waals surface area contributed by atoms with E-state index in [-0.39, 0.29) is 18.3 Å². The molecule has 1 heterocycles. The van der Waals surface area contributed by atoms with E-state index in [4.69, 9.17) is 15.2 Å². The predicted octanol–water partition coefficient (Wildman–Crippen LogP) is 2.02. The normalized spacial score (nSPS) is 14.8. The number of hydrogen-bond acceptors (Lipinski definition) is 5. The van der Waals surface area contributed by atoms with Gasteiger partial charge in [0, 0.05) is 39.3 Å². The van der Waals surface area contributed by atoms with Gasteiger partial charge in [-0.05, 0) is 35.4 Å². The molecule has 1 saturated heterocycles. The molecule has 2 aromatic rings. The number of methoxy groups -OCH3 is 1. The molecule has 0 aromatic heterocycles. The lowest BCUT2D eigenvalue weighted by atomic mass is 10.2. The average Bonchev–Trinajstić information content (AvgIpc) is 2.74. The minimum absolute atomic E-state index is 0.0393. The Kier molecular flexibility index (Phi) is 6.84. The van der Waals surface area contributed by atoms with Crippen LogP contribution in [0.15, 0.2) is 42.5 Å². The van der Waals surface area contributed by atoms with Crippen molar-refractivity contribution < 1.29 is 18.7 Å². The van der Waals surface area contributed by atoms with Crippen LogP contribution in [-0.4, -0.2) is 55.6 Å². The van der Waals surface area contributed by atoms with Crippen molar-refractivity contribution in [2.75, 3.05) is 39.9 Å². The summed E-state index contributed by atoms with van der Waals surface area (Å²) in [7, 11) is 1.56. The monoisotopic (exact) mass is 387 g/mol. The average molecular weight is 387 g/mol. The number of amides is 1. The minimum Gasteiger partial charge on any atom is -0.493 e. The van der Waals surface area contributed by atoms with Gasteiger partial charge in [-0.2, -0.15) is 0 Å². The maximum Gasteiger partial charge on any atom is 0.260 e. The van der Waals surface area contributed by atoms with Gasteiger partial charge >= 0.3 is 0 Å². The van der Waals surface area contributed by atoms with Crippen LogP contribution in [-0.2, 0) is 17.9 Å². The van der Waals surface area contributed by atoms with Gasteiger partial charge in [-0.3, -0.25) is 9.69 Å². The Morgan fingerprint density at radius 1 is 1.04 bits per heavy atom. The summed E-state index contributed by atoms with van der Waals surface area (Å²) in [6.45, 7) is 3.94. The Bertz CT molecular complexity index is 790. The van der Waals surface area contributed by atoms with Gasteiger partial charge < -0.3 is 20.1 Å². The van der Waals surface area contributed by atoms with Crippen LogP contribution in [0.25, 0.3) is 0 Å². The molecule has 0 radical (unpaired) electrons. The van der Waals surface area contributed by atoms with Gasteiger partial charge in [-0.1, -0.05) is 18.2 Å². The zero-order valence-electron chi connectivity index (χ0n) is 16.1. The Morgan fingerprint density at radius 2 is 1.71 bits per heavy atom. The van der Waals surface area contributed by atoms with Gasteiger partial charge in [0.2, 0.25) is 0 Å². The molecule has 1 fully saturated rings. The van der Waals surface area contributed by atoms with Crippen LogP contribution in [0.4, 0.5) is 4.39 Å². The van der Waals surface area contributed by atoms with Crippen LogP contribution in [0.2, 0.25) is 0 Å². The largest absolute Gasteiger partial charge is 0.493 e. The Balaban J connectivity index is 1.48. The molecule has 1 aliphatic rings. The number of carbonyl (C=O) groups is 1. The Hall–Kier alpha value is -2.64.